The Morgan fingerprint density at radius 2 is 1.97 bits per heavy atom. The van der Waals surface area contributed by atoms with Gasteiger partial charge in [-0.25, -0.2) is 4.99 Å². The number of rotatable bonds is 5. The number of H-pyrrole nitrogens is 1. The number of halogens is 1. The van der Waals surface area contributed by atoms with Crippen LogP contribution < -0.4 is 0 Å². The molecule has 0 bridgehead atoms. The molecule has 5 nitrogen and oxygen atoms in total. The molecular formula is C24H24BrN3O2. The number of aromatic hydroxyl groups is 1. The SMILES string of the molecule is Oc1[nH]c2ccc(Br)cc2c1C1=Nc2ccccc2/C1=N\OCCC1CCCCC1. The highest BCUT2D eigenvalue weighted by molar-refractivity contribution is 9.10. The third kappa shape index (κ3) is 3.65. The van der Waals surface area contributed by atoms with Crippen molar-refractivity contribution in [3.63, 3.8) is 0 Å². The van der Waals surface area contributed by atoms with Crippen molar-refractivity contribution >= 4 is 43.9 Å². The van der Waals surface area contributed by atoms with E-state index in [0.29, 0.717) is 23.6 Å². The standard InChI is InChI=1S/C24H24BrN3O2/c25-16-10-11-20-18(14-16)21(24(29)27-20)23-22(17-8-4-5-9-19(17)26-23)28-30-13-12-15-6-2-1-3-7-15/h4-5,8-11,14-15,27,29H,1-3,6-7,12-13H2/b28-22+. The predicted molar refractivity (Wildman–Crippen MR) is 124 cm³/mol. The summed E-state index contributed by atoms with van der Waals surface area (Å²) in [5, 5.41) is 16.1. The van der Waals surface area contributed by atoms with Gasteiger partial charge in [0, 0.05) is 20.9 Å². The summed E-state index contributed by atoms with van der Waals surface area (Å²) in [6.45, 7) is 0.606. The summed E-state index contributed by atoms with van der Waals surface area (Å²) in [4.78, 5) is 13.6. The van der Waals surface area contributed by atoms with Gasteiger partial charge in [-0.3, -0.25) is 0 Å². The summed E-state index contributed by atoms with van der Waals surface area (Å²) < 4.78 is 0.939. The van der Waals surface area contributed by atoms with Crippen LogP contribution in [0.5, 0.6) is 5.88 Å². The Kier molecular flexibility index (Phi) is 5.34. The van der Waals surface area contributed by atoms with Gasteiger partial charge in [0.1, 0.15) is 18.0 Å². The van der Waals surface area contributed by atoms with Crippen molar-refractivity contribution in [1.29, 1.82) is 0 Å². The van der Waals surface area contributed by atoms with E-state index in [9.17, 15) is 5.11 Å². The largest absolute Gasteiger partial charge is 0.494 e. The number of fused-ring (bicyclic) bond motifs is 2. The van der Waals surface area contributed by atoms with Crippen LogP contribution in [0.2, 0.25) is 0 Å². The summed E-state index contributed by atoms with van der Waals surface area (Å²) >= 11 is 3.53. The molecule has 0 spiro atoms. The van der Waals surface area contributed by atoms with Crippen LogP contribution in [0.25, 0.3) is 10.9 Å². The molecule has 1 fully saturated rings. The fraction of sp³-hybridized carbons (Fsp3) is 0.333. The van der Waals surface area contributed by atoms with E-state index < -0.39 is 0 Å². The first-order valence-electron chi connectivity index (χ1n) is 10.6. The summed E-state index contributed by atoms with van der Waals surface area (Å²) in [5.41, 5.74) is 4.57. The second kappa shape index (κ2) is 8.26. The molecule has 0 amide bonds. The molecule has 2 aliphatic rings. The van der Waals surface area contributed by atoms with E-state index in [4.69, 9.17) is 9.83 Å². The smallest absolute Gasteiger partial charge is 0.199 e. The quantitative estimate of drug-likeness (QED) is 0.335. The zero-order chi connectivity index (χ0) is 20.5. The number of oxime groups is 1. The molecule has 0 saturated heterocycles. The molecule has 154 valence electrons. The van der Waals surface area contributed by atoms with Gasteiger partial charge in [0.25, 0.3) is 0 Å². The summed E-state index contributed by atoms with van der Waals surface area (Å²) in [6.07, 6.45) is 7.66. The predicted octanol–water partition coefficient (Wildman–Crippen LogP) is 6.46. The average molecular weight is 466 g/mol. The maximum Gasteiger partial charge on any atom is 0.199 e. The maximum atomic E-state index is 10.7. The van der Waals surface area contributed by atoms with E-state index in [-0.39, 0.29) is 5.88 Å². The van der Waals surface area contributed by atoms with Gasteiger partial charge >= 0.3 is 0 Å². The van der Waals surface area contributed by atoms with Crippen LogP contribution in [0.15, 0.2) is 57.1 Å². The lowest BCUT2D eigenvalue weighted by atomic mass is 9.87. The molecule has 1 saturated carbocycles. The van der Waals surface area contributed by atoms with E-state index in [1.807, 2.05) is 42.5 Å². The minimum Gasteiger partial charge on any atom is -0.494 e. The van der Waals surface area contributed by atoms with Crippen LogP contribution in [0.4, 0.5) is 5.69 Å². The summed E-state index contributed by atoms with van der Waals surface area (Å²) in [5.74, 6) is 0.836. The van der Waals surface area contributed by atoms with Crippen LogP contribution in [0.1, 0.15) is 49.7 Å². The highest BCUT2D eigenvalue weighted by atomic mass is 79.9. The monoisotopic (exact) mass is 465 g/mol. The van der Waals surface area contributed by atoms with E-state index >= 15 is 0 Å². The molecule has 0 atom stereocenters. The average Bonchev–Trinajstić information content (AvgIpc) is 3.28. The van der Waals surface area contributed by atoms with Gasteiger partial charge in [0.2, 0.25) is 0 Å². The lowest BCUT2D eigenvalue weighted by Gasteiger charge is -2.20. The lowest BCUT2D eigenvalue weighted by Crippen LogP contribution is -2.14. The minimum absolute atomic E-state index is 0.0876. The Labute approximate surface area is 184 Å². The van der Waals surface area contributed by atoms with Gasteiger partial charge in [-0.2, -0.15) is 0 Å². The Bertz CT molecular complexity index is 1140. The molecule has 0 radical (unpaired) electrons. The van der Waals surface area contributed by atoms with Gasteiger partial charge in [-0.1, -0.05) is 71.4 Å². The molecule has 1 aliphatic heterocycles. The first-order valence-corrected chi connectivity index (χ1v) is 11.4. The van der Waals surface area contributed by atoms with Gasteiger partial charge < -0.3 is 14.9 Å². The fourth-order valence-electron chi connectivity index (χ4n) is 4.53. The van der Waals surface area contributed by atoms with Crippen molar-refractivity contribution in [3.8, 4) is 5.88 Å². The van der Waals surface area contributed by atoms with Crippen LogP contribution in [-0.4, -0.2) is 28.1 Å². The summed E-state index contributed by atoms with van der Waals surface area (Å²) in [6, 6.07) is 13.7. The second-order valence-electron chi connectivity index (χ2n) is 8.08. The van der Waals surface area contributed by atoms with Gasteiger partial charge in [-0.05, 0) is 36.6 Å². The van der Waals surface area contributed by atoms with Gasteiger partial charge in [0.05, 0.1) is 11.3 Å². The van der Waals surface area contributed by atoms with Crippen LogP contribution in [0, 0.1) is 5.92 Å². The molecule has 3 aromatic rings. The third-order valence-corrected chi connectivity index (χ3v) is 6.58. The molecule has 2 heterocycles. The first kappa shape index (κ1) is 19.4. The van der Waals surface area contributed by atoms with Crippen molar-refractivity contribution in [1.82, 2.24) is 4.98 Å². The normalized spacial score (nSPS) is 18.0. The number of hydrogen-bond acceptors (Lipinski definition) is 4. The molecule has 0 unspecified atom stereocenters. The number of aromatic nitrogens is 1. The van der Waals surface area contributed by atoms with Gasteiger partial charge in [-0.15, -0.1) is 0 Å². The zero-order valence-electron chi connectivity index (χ0n) is 16.7. The minimum atomic E-state index is 0.0876. The maximum absolute atomic E-state index is 10.7. The topological polar surface area (TPSA) is 70.0 Å². The van der Waals surface area contributed by atoms with Crippen LogP contribution in [0.3, 0.4) is 0 Å². The molecule has 5 rings (SSSR count). The lowest BCUT2D eigenvalue weighted by molar-refractivity contribution is 0.122. The van der Waals surface area contributed by atoms with Crippen molar-refractivity contribution in [2.75, 3.05) is 6.61 Å². The molecule has 1 aromatic heterocycles. The third-order valence-electron chi connectivity index (χ3n) is 6.09. The highest BCUT2D eigenvalue weighted by Gasteiger charge is 2.29. The van der Waals surface area contributed by atoms with Crippen molar-refractivity contribution in [3.05, 3.63) is 58.1 Å². The number of aromatic amines is 1. The van der Waals surface area contributed by atoms with E-state index in [2.05, 4.69) is 26.1 Å². The number of para-hydroxylation sites is 1. The number of hydrogen-bond donors (Lipinski definition) is 2. The molecule has 2 N–H and O–H groups in total. The van der Waals surface area contributed by atoms with Crippen LogP contribution in [-0.2, 0) is 4.84 Å². The molecule has 6 heteroatoms. The Hall–Kier alpha value is -2.60. The summed E-state index contributed by atoms with van der Waals surface area (Å²) in [7, 11) is 0. The molecule has 1 aliphatic carbocycles. The molecular weight excluding hydrogens is 442 g/mol. The Morgan fingerprint density at radius 3 is 2.83 bits per heavy atom. The molecule has 30 heavy (non-hydrogen) atoms. The number of nitrogens with one attached hydrogen (secondary N) is 1. The van der Waals surface area contributed by atoms with Crippen molar-refractivity contribution in [2.24, 2.45) is 16.1 Å². The first-order chi connectivity index (χ1) is 14.7. The zero-order valence-corrected chi connectivity index (χ0v) is 18.3. The van der Waals surface area contributed by atoms with Crippen molar-refractivity contribution < 1.29 is 9.94 Å². The van der Waals surface area contributed by atoms with Gasteiger partial charge in [0.15, 0.2) is 5.88 Å². The molecule has 2 aromatic carbocycles. The fourth-order valence-corrected chi connectivity index (χ4v) is 4.90. The number of benzene rings is 2. The van der Waals surface area contributed by atoms with E-state index in [0.717, 1.165) is 39.0 Å². The number of nitrogens with zero attached hydrogens (tertiary/aromatic N) is 2. The van der Waals surface area contributed by atoms with Crippen molar-refractivity contribution in [2.45, 2.75) is 38.5 Å². The Balaban J connectivity index is 1.46. The Morgan fingerprint density at radius 1 is 1.13 bits per heavy atom. The van der Waals surface area contributed by atoms with Crippen LogP contribution >= 0.6 is 15.9 Å². The second-order valence-corrected chi connectivity index (χ2v) is 9.00. The number of aliphatic imine (C=N–C) groups is 1. The highest BCUT2D eigenvalue weighted by Crippen LogP contribution is 2.36. The van der Waals surface area contributed by atoms with E-state index in [1.54, 1.807) is 0 Å². The van der Waals surface area contributed by atoms with E-state index in [1.165, 1.54) is 32.1 Å².